The first kappa shape index (κ1) is 20.9. The van der Waals surface area contributed by atoms with Crippen LogP contribution in [0.25, 0.3) is 0 Å². The Kier molecular flexibility index (Phi) is 8.06. The number of nitrogens with one attached hydrogen (secondary N) is 1. The molecule has 1 amide bonds. The molecule has 0 radical (unpaired) electrons. The predicted molar refractivity (Wildman–Crippen MR) is 101 cm³/mol. The summed E-state index contributed by atoms with van der Waals surface area (Å²) in [7, 11) is -3.46. The number of carbonyl (C=O) groups excluding carboxylic acids is 1. The smallest absolute Gasteiger partial charge is 0.243 e. The second kappa shape index (κ2) is 10.0. The highest BCUT2D eigenvalue weighted by Crippen LogP contribution is 2.18. The van der Waals surface area contributed by atoms with Crippen molar-refractivity contribution < 1.29 is 17.9 Å². The molecule has 1 N–H and O–H groups in total. The fourth-order valence-corrected chi connectivity index (χ4v) is 4.35. The molecule has 1 heterocycles. The maximum Gasteiger partial charge on any atom is 0.243 e. The lowest BCUT2D eigenvalue weighted by Gasteiger charge is -2.26. The molecular formula is C19H30N2O4S. The van der Waals surface area contributed by atoms with Crippen LogP contribution in [-0.4, -0.2) is 51.5 Å². The first-order valence-corrected chi connectivity index (χ1v) is 10.8. The van der Waals surface area contributed by atoms with E-state index < -0.39 is 10.0 Å². The van der Waals surface area contributed by atoms with Gasteiger partial charge >= 0.3 is 0 Å². The minimum Gasteiger partial charge on any atom is -0.379 e. The van der Waals surface area contributed by atoms with Gasteiger partial charge in [-0.2, -0.15) is 4.31 Å². The van der Waals surface area contributed by atoms with Crippen molar-refractivity contribution in [2.75, 3.05) is 32.8 Å². The number of amides is 1. The fraction of sp³-hybridized carbons (Fsp3) is 0.632. The monoisotopic (exact) mass is 382 g/mol. The van der Waals surface area contributed by atoms with E-state index in [2.05, 4.69) is 19.2 Å². The number of sulfonamides is 1. The maximum absolute atomic E-state index is 12.6. The van der Waals surface area contributed by atoms with Crippen molar-refractivity contribution in [1.29, 1.82) is 0 Å². The Morgan fingerprint density at radius 2 is 1.77 bits per heavy atom. The number of hydrogen-bond donors (Lipinski definition) is 1. The second-order valence-corrected chi connectivity index (χ2v) is 8.58. The van der Waals surface area contributed by atoms with Gasteiger partial charge in [0.1, 0.15) is 0 Å². The van der Waals surface area contributed by atoms with Crippen LogP contribution >= 0.6 is 0 Å². The Morgan fingerprint density at radius 3 is 2.35 bits per heavy atom. The summed E-state index contributed by atoms with van der Waals surface area (Å²) >= 11 is 0. The zero-order chi connectivity index (χ0) is 19.0. The minimum absolute atomic E-state index is 0.0434. The lowest BCUT2D eigenvalue weighted by Crippen LogP contribution is -2.40. The van der Waals surface area contributed by atoms with Crippen LogP contribution in [0.5, 0.6) is 0 Å². The van der Waals surface area contributed by atoms with Gasteiger partial charge in [0.15, 0.2) is 0 Å². The van der Waals surface area contributed by atoms with Gasteiger partial charge in [0.2, 0.25) is 15.9 Å². The van der Waals surface area contributed by atoms with Crippen LogP contribution in [0.1, 0.15) is 38.7 Å². The van der Waals surface area contributed by atoms with Crippen LogP contribution in [0, 0.1) is 5.92 Å². The van der Waals surface area contributed by atoms with Crippen LogP contribution in [0.2, 0.25) is 0 Å². The maximum atomic E-state index is 12.6. The van der Waals surface area contributed by atoms with Crippen molar-refractivity contribution in [2.45, 2.75) is 44.4 Å². The predicted octanol–water partition coefficient (Wildman–Crippen LogP) is 2.19. The molecule has 0 saturated carbocycles. The Morgan fingerprint density at radius 1 is 1.15 bits per heavy atom. The molecule has 2 rings (SSSR count). The number of rotatable bonds is 9. The molecule has 0 spiro atoms. The average molecular weight is 383 g/mol. The molecule has 0 aliphatic carbocycles. The van der Waals surface area contributed by atoms with Gasteiger partial charge in [-0.05, 0) is 30.0 Å². The van der Waals surface area contributed by atoms with Crippen molar-refractivity contribution in [2.24, 2.45) is 5.92 Å². The molecule has 26 heavy (non-hydrogen) atoms. The van der Waals surface area contributed by atoms with Crippen LogP contribution < -0.4 is 5.32 Å². The zero-order valence-corrected chi connectivity index (χ0v) is 16.6. The van der Waals surface area contributed by atoms with Crippen LogP contribution in [-0.2, 0) is 26.0 Å². The average Bonchev–Trinajstić information content (AvgIpc) is 2.68. The van der Waals surface area contributed by atoms with Gasteiger partial charge in [-0.15, -0.1) is 0 Å². The number of morpholine rings is 1. The third kappa shape index (κ3) is 5.79. The third-order valence-corrected chi connectivity index (χ3v) is 6.83. The summed E-state index contributed by atoms with van der Waals surface area (Å²) in [6.07, 6.45) is 3.15. The lowest BCUT2D eigenvalue weighted by atomic mass is 10.0. The van der Waals surface area contributed by atoms with Crippen molar-refractivity contribution in [1.82, 2.24) is 9.62 Å². The number of benzene rings is 1. The van der Waals surface area contributed by atoms with E-state index in [1.54, 1.807) is 24.3 Å². The van der Waals surface area contributed by atoms with Crippen LogP contribution in [0.4, 0.5) is 0 Å². The van der Waals surface area contributed by atoms with Crippen LogP contribution in [0.3, 0.4) is 0 Å². The molecule has 1 aliphatic rings. The molecule has 1 aliphatic heterocycles. The highest BCUT2D eigenvalue weighted by molar-refractivity contribution is 7.89. The molecule has 1 aromatic rings. The number of hydrogen-bond acceptors (Lipinski definition) is 4. The first-order chi connectivity index (χ1) is 12.5. The Bertz CT molecular complexity index is 663. The largest absolute Gasteiger partial charge is 0.379 e. The third-order valence-electron chi connectivity index (χ3n) is 4.91. The SMILES string of the molecule is CCC(CC)CNC(=O)CCc1ccc(S(=O)(=O)N2CCOCC2)cc1. The quantitative estimate of drug-likeness (QED) is 0.710. The first-order valence-electron chi connectivity index (χ1n) is 9.40. The van der Waals surface area contributed by atoms with Gasteiger partial charge in [-0.25, -0.2) is 8.42 Å². The highest BCUT2D eigenvalue weighted by Gasteiger charge is 2.26. The number of carbonyl (C=O) groups is 1. The molecular weight excluding hydrogens is 352 g/mol. The molecule has 6 nitrogen and oxygen atoms in total. The van der Waals surface area contributed by atoms with E-state index in [1.165, 1.54) is 4.31 Å². The molecule has 0 atom stereocenters. The molecule has 1 aromatic carbocycles. The molecule has 0 aromatic heterocycles. The summed E-state index contributed by atoms with van der Waals surface area (Å²) in [6.45, 7) is 6.64. The van der Waals surface area contributed by atoms with Crippen LogP contribution in [0.15, 0.2) is 29.2 Å². The summed E-state index contributed by atoms with van der Waals surface area (Å²) < 4.78 is 31.8. The molecule has 1 fully saturated rings. The lowest BCUT2D eigenvalue weighted by molar-refractivity contribution is -0.121. The highest BCUT2D eigenvalue weighted by atomic mass is 32.2. The van der Waals surface area contributed by atoms with E-state index in [-0.39, 0.29) is 5.91 Å². The zero-order valence-electron chi connectivity index (χ0n) is 15.7. The number of nitrogens with zero attached hydrogens (tertiary/aromatic N) is 1. The van der Waals surface area contributed by atoms with Gasteiger partial charge in [0.05, 0.1) is 18.1 Å². The van der Waals surface area contributed by atoms with E-state index in [4.69, 9.17) is 4.74 Å². The van der Waals surface area contributed by atoms with Crippen molar-refractivity contribution >= 4 is 15.9 Å². The number of ether oxygens (including phenoxy) is 1. The van der Waals surface area contributed by atoms with Gasteiger partial charge in [0.25, 0.3) is 0 Å². The van der Waals surface area contributed by atoms with Gasteiger partial charge in [-0.3, -0.25) is 4.79 Å². The summed E-state index contributed by atoms with van der Waals surface area (Å²) in [5.74, 6) is 0.575. The Balaban J connectivity index is 1.86. The topological polar surface area (TPSA) is 75.7 Å². The second-order valence-electron chi connectivity index (χ2n) is 6.65. The van der Waals surface area contributed by atoms with Gasteiger partial charge in [-0.1, -0.05) is 38.8 Å². The van der Waals surface area contributed by atoms with Gasteiger partial charge < -0.3 is 10.1 Å². The summed E-state index contributed by atoms with van der Waals surface area (Å²) in [4.78, 5) is 12.3. The summed E-state index contributed by atoms with van der Waals surface area (Å²) in [5, 5.41) is 2.98. The molecule has 1 saturated heterocycles. The number of aryl methyl sites for hydroxylation is 1. The Labute approximate surface area is 157 Å². The molecule has 7 heteroatoms. The van der Waals surface area contributed by atoms with E-state index in [9.17, 15) is 13.2 Å². The summed E-state index contributed by atoms with van der Waals surface area (Å²) in [5.41, 5.74) is 0.962. The standard InChI is InChI=1S/C19H30N2O4S/c1-3-16(4-2)15-20-19(22)10-7-17-5-8-18(9-6-17)26(23,24)21-11-13-25-14-12-21/h5-6,8-9,16H,3-4,7,10-15H2,1-2H3,(H,20,22). The molecule has 0 bridgehead atoms. The van der Waals surface area contributed by atoms with E-state index in [0.717, 1.165) is 24.9 Å². The van der Waals surface area contributed by atoms with E-state index >= 15 is 0 Å². The summed E-state index contributed by atoms with van der Waals surface area (Å²) in [6, 6.07) is 6.84. The van der Waals surface area contributed by atoms with Crippen molar-refractivity contribution in [3.05, 3.63) is 29.8 Å². The fourth-order valence-electron chi connectivity index (χ4n) is 2.95. The molecule has 0 unspecified atom stereocenters. The molecule has 146 valence electrons. The van der Waals surface area contributed by atoms with Crippen molar-refractivity contribution in [3.63, 3.8) is 0 Å². The van der Waals surface area contributed by atoms with E-state index in [1.807, 2.05) is 0 Å². The Hall–Kier alpha value is -1.44. The van der Waals surface area contributed by atoms with Gasteiger partial charge in [0, 0.05) is 26.1 Å². The minimum atomic E-state index is -3.46. The van der Waals surface area contributed by atoms with Crippen molar-refractivity contribution in [3.8, 4) is 0 Å². The normalized spacial score (nSPS) is 16.0. The van der Waals surface area contributed by atoms with E-state index in [0.29, 0.717) is 50.0 Å².